The molecule has 5 heteroatoms. The number of rotatable bonds is 6. The second-order valence-electron chi connectivity index (χ2n) is 5.15. The van der Waals surface area contributed by atoms with Crippen LogP contribution >= 0.6 is 0 Å². The highest BCUT2D eigenvalue weighted by molar-refractivity contribution is 5.90. The van der Waals surface area contributed by atoms with E-state index >= 15 is 0 Å². The summed E-state index contributed by atoms with van der Waals surface area (Å²) in [6.45, 7) is 4.26. The van der Waals surface area contributed by atoms with Crippen LogP contribution in [0.25, 0.3) is 0 Å². The zero-order chi connectivity index (χ0) is 16.7. The molecule has 1 unspecified atom stereocenters. The van der Waals surface area contributed by atoms with Crippen LogP contribution in [0.3, 0.4) is 0 Å². The Kier molecular flexibility index (Phi) is 6.00. The quantitative estimate of drug-likeness (QED) is 0.766. The predicted octanol–water partition coefficient (Wildman–Crippen LogP) is 3.25. The molecule has 0 spiro atoms. The zero-order valence-electron chi connectivity index (χ0n) is 13.4. The third-order valence-corrected chi connectivity index (χ3v) is 3.45. The normalized spacial score (nSPS) is 11.6. The summed E-state index contributed by atoms with van der Waals surface area (Å²) >= 11 is 0. The standard InChI is InChI=1S/C18H22N2O3/c1-3-23-15-9-10-16(13(2)11-15)19-18(22)20-17(12-21)14-7-5-4-6-8-14/h4-11,17,21H,3,12H2,1-2H3,(H2,19,20,22). The minimum Gasteiger partial charge on any atom is -0.494 e. The number of carbonyl (C=O) groups excluding carboxylic acids is 1. The Labute approximate surface area is 136 Å². The fourth-order valence-electron chi connectivity index (χ4n) is 2.27. The van der Waals surface area contributed by atoms with Gasteiger partial charge in [-0.2, -0.15) is 0 Å². The Bertz CT molecular complexity index is 644. The van der Waals surface area contributed by atoms with Gasteiger partial charge in [0.2, 0.25) is 0 Å². The number of urea groups is 1. The molecule has 0 fully saturated rings. The fraction of sp³-hybridized carbons (Fsp3) is 0.278. The number of benzene rings is 2. The van der Waals surface area contributed by atoms with E-state index < -0.39 is 6.04 Å². The maximum absolute atomic E-state index is 12.2. The van der Waals surface area contributed by atoms with Crippen molar-refractivity contribution in [2.24, 2.45) is 0 Å². The topological polar surface area (TPSA) is 70.6 Å². The van der Waals surface area contributed by atoms with Gasteiger partial charge in [-0.05, 0) is 43.2 Å². The Morgan fingerprint density at radius 1 is 1.22 bits per heavy atom. The average Bonchev–Trinajstić information content (AvgIpc) is 2.56. The number of carbonyl (C=O) groups is 1. The van der Waals surface area contributed by atoms with Crippen molar-refractivity contribution in [3.8, 4) is 5.75 Å². The number of aryl methyl sites for hydroxylation is 1. The van der Waals surface area contributed by atoms with Gasteiger partial charge in [-0.15, -0.1) is 0 Å². The zero-order valence-corrected chi connectivity index (χ0v) is 13.4. The monoisotopic (exact) mass is 314 g/mol. The molecule has 5 nitrogen and oxygen atoms in total. The van der Waals surface area contributed by atoms with Crippen molar-refractivity contribution in [1.82, 2.24) is 5.32 Å². The van der Waals surface area contributed by atoms with Gasteiger partial charge in [0, 0.05) is 5.69 Å². The van der Waals surface area contributed by atoms with Gasteiger partial charge in [0.05, 0.1) is 19.3 Å². The molecule has 0 heterocycles. The second kappa shape index (κ2) is 8.19. The highest BCUT2D eigenvalue weighted by Gasteiger charge is 2.14. The molecule has 0 bridgehead atoms. The Hall–Kier alpha value is -2.53. The van der Waals surface area contributed by atoms with E-state index in [9.17, 15) is 9.90 Å². The molecule has 2 rings (SSSR count). The molecular weight excluding hydrogens is 292 g/mol. The molecule has 0 radical (unpaired) electrons. The van der Waals surface area contributed by atoms with E-state index in [1.807, 2.05) is 56.3 Å². The number of ether oxygens (including phenoxy) is 1. The van der Waals surface area contributed by atoms with Crippen molar-refractivity contribution < 1.29 is 14.6 Å². The first-order valence-electron chi connectivity index (χ1n) is 7.60. The summed E-state index contributed by atoms with van der Waals surface area (Å²) in [7, 11) is 0. The summed E-state index contributed by atoms with van der Waals surface area (Å²) in [5.74, 6) is 0.772. The number of anilines is 1. The molecule has 1 atom stereocenters. The van der Waals surface area contributed by atoms with E-state index in [0.29, 0.717) is 12.3 Å². The van der Waals surface area contributed by atoms with Crippen LogP contribution in [0.1, 0.15) is 24.1 Å². The smallest absolute Gasteiger partial charge is 0.319 e. The lowest BCUT2D eigenvalue weighted by Crippen LogP contribution is -2.34. The van der Waals surface area contributed by atoms with Crippen LogP contribution in [0.5, 0.6) is 5.75 Å². The van der Waals surface area contributed by atoms with Crippen LogP contribution < -0.4 is 15.4 Å². The average molecular weight is 314 g/mol. The molecule has 3 N–H and O–H groups in total. The Morgan fingerprint density at radius 2 is 1.96 bits per heavy atom. The number of hydrogen-bond donors (Lipinski definition) is 3. The number of aliphatic hydroxyl groups excluding tert-OH is 1. The van der Waals surface area contributed by atoms with Crippen LogP contribution in [0.15, 0.2) is 48.5 Å². The van der Waals surface area contributed by atoms with E-state index in [-0.39, 0.29) is 12.6 Å². The van der Waals surface area contributed by atoms with Gasteiger partial charge in [-0.3, -0.25) is 0 Å². The molecule has 0 aliphatic heterocycles. The number of nitrogens with one attached hydrogen (secondary N) is 2. The van der Waals surface area contributed by atoms with Crippen LogP contribution in [0.2, 0.25) is 0 Å². The SMILES string of the molecule is CCOc1ccc(NC(=O)NC(CO)c2ccccc2)c(C)c1. The summed E-state index contributed by atoms with van der Waals surface area (Å²) < 4.78 is 5.43. The summed E-state index contributed by atoms with van der Waals surface area (Å²) in [4.78, 5) is 12.2. The molecule has 23 heavy (non-hydrogen) atoms. The summed E-state index contributed by atoms with van der Waals surface area (Å²) in [5, 5.41) is 15.0. The summed E-state index contributed by atoms with van der Waals surface area (Å²) in [5.41, 5.74) is 2.47. The Morgan fingerprint density at radius 3 is 2.57 bits per heavy atom. The third kappa shape index (κ3) is 4.72. The second-order valence-corrected chi connectivity index (χ2v) is 5.15. The largest absolute Gasteiger partial charge is 0.494 e. The molecule has 0 saturated heterocycles. The van der Waals surface area contributed by atoms with E-state index in [1.165, 1.54) is 0 Å². The van der Waals surface area contributed by atoms with Crippen LogP contribution in [-0.2, 0) is 0 Å². The highest BCUT2D eigenvalue weighted by Crippen LogP contribution is 2.21. The Balaban J connectivity index is 2.01. The van der Waals surface area contributed by atoms with Gasteiger partial charge in [0.25, 0.3) is 0 Å². The van der Waals surface area contributed by atoms with Gasteiger partial charge in [0.1, 0.15) is 5.75 Å². The first-order chi connectivity index (χ1) is 11.1. The van der Waals surface area contributed by atoms with Crippen molar-refractivity contribution >= 4 is 11.7 Å². The molecule has 0 aromatic heterocycles. The van der Waals surface area contributed by atoms with Gasteiger partial charge in [-0.25, -0.2) is 4.79 Å². The van der Waals surface area contributed by atoms with Crippen molar-refractivity contribution in [3.63, 3.8) is 0 Å². The maximum atomic E-state index is 12.2. The predicted molar refractivity (Wildman–Crippen MR) is 90.8 cm³/mol. The third-order valence-electron chi connectivity index (χ3n) is 3.45. The first kappa shape index (κ1) is 16.8. The molecular formula is C18H22N2O3. The number of aliphatic hydroxyl groups is 1. The lowest BCUT2D eigenvalue weighted by Gasteiger charge is -2.18. The molecule has 0 aliphatic rings. The fourth-order valence-corrected chi connectivity index (χ4v) is 2.27. The minimum atomic E-state index is -0.445. The highest BCUT2D eigenvalue weighted by atomic mass is 16.5. The molecule has 2 aromatic rings. The van der Waals surface area contributed by atoms with Crippen molar-refractivity contribution in [1.29, 1.82) is 0 Å². The first-order valence-corrected chi connectivity index (χ1v) is 7.60. The number of hydrogen-bond acceptors (Lipinski definition) is 3. The number of amides is 2. The van der Waals surface area contributed by atoms with Crippen molar-refractivity contribution in [3.05, 3.63) is 59.7 Å². The summed E-state index contributed by atoms with van der Waals surface area (Å²) in [6.07, 6.45) is 0. The lowest BCUT2D eigenvalue weighted by atomic mass is 10.1. The summed E-state index contributed by atoms with van der Waals surface area (Å²) in [6, 6.07) is 14.0. The molecule has 122 valence electrons. The minimum absolute atomic E-state index is 0.167. The van der Waals surface area contributed by atoms with Gasteiger partial charge in [0.15, 0.2) is 0 Å². The maximum Gasteiger partial charge on any atom is 0.319 e. The van der Waals surface area contributed by atoms with E-state index in [2.05, 4.69) is 10.6 Å². The van der Waals surface area contributed by atoms with Crippen LogP contribution in [-0.4, -0.2) is 24.4 Å². The van der Waals surface area contributed by atoms with Crippen molar-refractivity contribution in [2.75, 3.05) is 18.5 Å². The molecule has 0 saturated carbocycles. The van der Waals surface area contributed by atoms with E-state index in [0.717, 1.165) is 16.9 Å². The van der Waals surface area contributed by atoms with Gasteiger partial charge >= 0.3 is 6.03 Å². The van der Waals surface area contributed by atoms with Crippen LogP contribution in [0, 0.1) is 6.92 Å². The van der Waals surface area contributed by atoms with Crippen molar-refractivity contribution in [2.45, 2.75) is 19.9 Å². The molecule has 2 amide bonds. The lowest BCUT2D eigenvalue weighted by molar-refractivity contribution is 0.225. The van der Waals surface area contributed by atoms with Crippen LogP contribution in [0.4, 0.5) is 10.5 Å². The molecule has 0 aliphatic carbocycles. The molecule has 2 aromatic carbocycles. The van der Waals surface area contributed by atoms with E-state index in [1.54, 1.807) is 6.07 Å². The van der Waals surface area contributed by atoms with Gasteiger partial charge < -0.3 is 20.5 Å². The van der Waals surface area contributed by atoms with E-state index in [4.69, 9.17) is 4.74 Å². The van der Waals surface area contributed by atoms with Gasteiger partial charge in [-0.1, -0.05) is 30.3 Å².